The van der Waals surface area contributed by atoms with Crippen molar-refractivity contribution in [1.82, 2.24) is 5.32 Å². The highest BCUT2D eigenvalue weighted by Crippen LogP contribution is 2.34. The summed E-state index contributed by atoms with van der Waals surface area (Å²) in [5.41, 5.74) is 2.49. The third-order valence-electron chi connectivity index (χ3n) is 3.37. The van der Waals surface area contributed by atoms with Crippen LogP contribution >= 0.6 is 11.6 Å². The molecule has 0 bridgehead atoms. The van der Waals surface area contributed by atoms with E-state index in [1.165, 1.54) is 11.1 Å². The van der Waals surface area contributed by atoms with Gasteiger partial charge in [0.1, 0.15) is 0 Å². The van der Waals surface area contributed by atoms with Crippen molar-refractivity contribution in [2.45, 2.75) is 37.5 Å². The highest BCUT2D eigenvalue weighted by Gasteiger charge is 2.31. The topological polar surface area (TPSA) is 29.1 Å². The Labute approximate surface area is 107 Å². The fraction of sp³-hybridized carbons (Fsp3) is 0.500. The van der Waals surface area contributed by atoms with Gasteiger partial charge in [0.2, 0.25) is 5.91 Å². The van der Waals surface area contributed by atoms with Gasteiger partial charge in [0, 0.05) is 11.9 Å². The van der Waals surface area contributed by atoms with E-state index < -0.39 is 0 Å². The van der Waals surface area contributed by atoms with Gasteiger partial charge in [-0.3, -0.25) is 4.79 Å². The standard InChI is InChI=1S/C14H18ClNO/c1-2-11(15)7-8-16-14(17)13-9-10-5-3-4-6-12(10)13/h3-6,11,13H,2,7-9H2,1H3,(H,16,17). The third kappa shape index (κ3) is 2.81. The van der Waals surface area contributed by atoms with E-state index in [2.05, 4.69) is 18.3 Å². The molecule has 0 radical (unpaired) electrons. The zero-order valence-corrected chi connectivity index (χ0v) is 10.8. The molecule has 1 aromatic carbocycles. The average molecular weight is 252 g/mol. The number of rotatable bonds is 5. The first-order chi connectivity index (χ1) is 8.22. The van der Waals surface area contributed by atoms with Crippen LogP contribution in [0.4, 0.5) is 0 Å². The number of carbonyl (C=O) groups is 1. The zero-order chi connectivity index (χ0) is 12.3. The molecule has 1 aliphatic rings. The van der Waals surface area contributed by atoms with Crippen LogP contribution < -0.4 is 5.32 Å². The van der Waals surface area contributed by atoms with E-state index in [1.807, 2.05) is 18.2 Å². The summed E-state index contributed by atoms with van der Waals surface area (Å²) in [4.78, 5) is 11.9. The molecule has 2 rings (SSSR count). The summed E-state index contributed by atoms with van der Waals surface area (Å²) in [6.07, 6.45) is 2.67. The summed E-state index contributed by atoms with van der Waals surface area (Å²) in [6.45, 7) is 2.74. The Balaban J connectivity index is 1.80. The lowest BCUT2D eigenvalue weighted by Gasteiger charge is -2.28. The molecule has 1 aromatic rings. The summed E-state index contributed by atoms with van der Waals surface area (Å²) >= 11 is 6.01. The van der Waals surface area contributed by atoms with Gasteiger partial charge in [-0.1, -0.05) is 31.2 Å². The Morgan fingerprint density at radius 2 is 2.29 bits per heavy atom. The van der Waals surface area contributed by atoms with Crippen LogP contribution in [-0.2, 0) is 11.2 Å². The lowest BCUT2D eigenvalue weighted by molar-refractivity contribution is -0.123. The summed E-state index contributed by atoms with van der Waals surface area (Å²) in [6, 6.07) is 8.14. The minimum Gasteiger partial charge on any atom is -0.356 e. The van der Waals surface area contributed by atoms with Crippen molar-refractivity contribution in [3.05, 3.63) is 35.4 Å². The molecule has 2 unspecified atom stereocenters. The van der Waals surface area contributed by atoms with Crippen molar-refractivity contribution in [1.29, 1.82) is 0 Å². The first kappa shape index (κ1) is 12.4. The fourth-order valence-corrected chi connectivity index (χ4v) is 2.28. The average Bonchev–Trinajstić information content (AvgIpc) is 2.30. The van der Waals surface area contributed by atoms with E-state index in [-0.39, 0.29) is 17.2 Å². The Morgan fingerprint density at radius 1 is 1.53 bits per heavy atom. The lowest BCUT2D eigenvalue weighted by Crippen LogP contribution is -2.36. The Morgan fingerprint density at radius 3 is 3.00 bits per heavy atom. The first-order valence-corrected chi connectivity index (χ1v) is 6.65. The van der Waals surface area contributed by atoms with Crippen molar-refractivity contribution in [3.63, 3.8) is 0 Å². The predicted molar refractivity (Wildman–Crippen MR) is 70.4 cm³/mol. The monoisotopic (exact) mass is 251 g/mol. The Bertz CT molecular complexity index is 405. The quantitative estimate of drug-likeness (QED) is 0.801. The van der Waals surface area contributed by atoms with Gasteiger partial charge in [-0.15, -0.1) is 11.6 Å². The SMILES string of the molecule is CCC(Cl)CCNC(=O)C1Cc2ccccc21. The second-order valence-electron chi connectivity index (χ2n) is 4.54. The van der Waals surface area contributed by atoms with E-state index in [9.17, 15) is 4.79 Å². The van der Waals surface area contributed by atoms with E-state index in [4.69, 9.17) is 11.6 Å². The van der Waals surface area contributed by atoms with Crippen LogP contribution in [0, 0.1) is 0 Å². The van der Waals surface area contributed by atoms with Crippen LogP contribution in [0.5, 0.6) is 0 Å². The van der Waals surface area contributed by atoms with Crippen molar-refractivity contribution >= 4 is 17.5 Å². The molecule has 2 nitrogen and oxygen atoms in total. The van der Waals surface area contributed by atoms with Crippen molar-refractivity contribution in [2.75, 3.05) is 6.54 Å². The predicted octanol–water partition coefficient (Wildman–Crippen LogP) is 2.85. The van der Waals surface area contributed by atoms with Crippen LogP contribution in [0.25, 0.3) is 0 Å². The molecule has 0 aromatic heterocycles. The van der Waals surface area contributed by atoms with E-state index in [0.717, 1.165) is 19.3 Å². The molecule has 2 atom stereocenters. The number of carbonyl (C=O) groups excluding carboxylic acids is 1. The van der Waals surface area contributed by atoms with Crippen molar-refractivity contribution in [2.24, 2.45) is 0 Å². The Hall–Kier alpha value is -1.02. The lowest BCUT2D eigenvalue weighted by atomic mass is 9.77. The van der Waals surface area contributed by atoms with Gasteiger partial charge in [-0.2, -0.15) is 0 Å². The normalized spacial score (nSPS) is 19.1. The molecule has 0 spiro atoms. The highest BCUT2D eigenvalue weighted by atomic mass is 35.5. The van der Waals surface area contributed by atoms with Crippen molar-refractivity contribution in [3.8, 4) is 0 Å². The number of fused-ring (bicyclic) bond motifs is 1. The van der Waals surface area contributed by atoms with Gasteiger partial charge in [0.05, 0.1) is 5.92 Å². The van der Waals surface area contributed by atoms with Crippen LogP contribution in [-0.4, -0.2) is 17.8 Å². The molecule has 92 valence electrons. The van der Waals surface area contributed by atoms with Gasteiger partial charge in [-0.25, -0.2) is 0 Å². The summed E-state index contributed by atoms with van der Waals surface area (Å²) in [5.74, 6) is 0.199. The number of hydrogen-bond donors (Lipinski definition) is 1. The van der Waals surface area contributed by atoms with E-state index in [1.54, 1.807) is 0 Å². The number of benzene rings is 1. The largest absolute Gasteiger partial charge is 0.356 e. The minimum atomic E-state index is 0.0570. The summed E-state index contributed by atoms with van der Waals surface area (Å²) in [5, 5.41) is 3.14. The maximum atomic E-state index is 11.9. The molecule has 0 aliphatic heterocycles. The molecule has 0 heterocycles. The van der Waals surface area contributed by atoms with Crippen LogP contribution in [0.2, 0.25) is 0 Å². The van der Waals surface area contributed by atoms with Crippen molar-refractivity contribution < 1.29 is 4.79 Å². The number of nitrogens with one attached hydrogen (secondary N) is 1. The molecular formula is C14H18ClNO. The van der Waals surface area contributed by atoms with Gasteiger partial charge in [0.25, 0.3) is 0 Å². The Kier molecular flexibility index (Phi) is 4.06. The number of halogens is 1. The van der Waals surface area contributed by atoms with E-state index in [0.29, 0.717) is 6.54 Å². The minimum absolute atomic E-state index is 0.0570. The fourth-order valence-electron chi connectivity index (χ4n) is 2.17. The van der Waals surface area contributed by atoms with Gasteiger partial charge >= 0.3 is 0 Å². The number of hydrogen-bond acceptors (Lipinski definition) is 1. The molecule has 1 aliphatic carbocycles. The van der Waals surface area contributed by atoms with Crippen LogP contribution in [0.1, 0.15) is 36.8 Å². The molecule has 1 amide bonds. The maximum Gasteiger partial charge on any atom is 0.227 e. The third-order valence-corrected chi connectivity index (χ3v) is 3.90. The van der Waals surface area contributed by atoms with Crippen LogP contribution in [0.3, 0.4) is 0 Å². The van der Waals surface area contributed by atoms with Gasteiger partial charge in [-0.05, 0) is 30.4 Å². The molecule has 3 heteroatoms. The smallest absolute Gasteiger partial charge is 0.227 e. The van der Waals surface area contributed by atoms with E-state index >= 15 is 0 Å². The molecule has 0 saturated heterocycles. The van der Waals surface area contributed by atoms with Gasteiger partial charge < -0.3 is 5.32 Å². The first-order valence-electron chi connectivity index (χ1n) is 6.22. The second kappa shape index (κ2) is 5.54. The number of alkyl halides is 1. The molecule has 1 N–H and O–H groups in total. The molecule has 0 fully saturated rings. The highest BCUT2D eigenvalue weighted by molar-refractivity contribution is 6.20. The second-order valence-corrected chi connectivity index (χ2v) is 5.16. The molecular weight excluding hydrogens is 234 g/mol. The summed E-state index contributed by atoms with van der Waals surface area (Å²) < 4.78 is 0. The maximum absolute atomic E-state index is 11.9. The number of amides is 1. The zero-order valence-electron chi connectivity index (χ0n) is 10.1. The molecule has 0 saturated carbocycles. The van der Waals surface area contributed by atoms with Crippen LogP contribution in [0.15, 0.2) is 24.3 Å². The van der Waals surface area contributed by atoms with Gasteiger partial charge in [0.15, 0.2) is 0 Å². The summed E-state index contributed by atoms with van der Waals surface area (Å²) in [7, 11) is 0. The molecule has 17 heavy (non-hydrogen) atoms.